The molecule has 2 nitrogen and oxygen atoms in total. The molecule has 0 saturated heterocycles. The molecule has 0 bridgehead atoms. The lowest BCUT2D eigenvalue weighted by Gasteiger charge is -2.43. The van der Waals surface area contributed by atoms with Crippen LogP contribution in [0, 0.1) is 11.8 Å². The summed E-state index contributed by atoms with van der Waals surface area (Å²) < 4.78 is 38.0. The number of hydrogen-bond acceptors (Lipinski definition) is 2. The van der Waals surface area contributed by atoms with Crippen molar-refractivity contribution in [2.24, 2.45) is 11.8 Å². The first-order valence-corrected chi connectivity index (χ1v) is 7.50. The lowest BCUT2D eigenvalue weighted by molar-refractivity contribution is -0.141. The SMILES string of the molecule is CC(C)C1CCCCC1(O)c1ccc(C(F)(F)F)nc1Cl. The number of aromatic nitrogens is 1. The van der Waals surface area contributed by atoms with Crippen LogP contribution in [-0.2, 0) is 11.8 Å². The fourth-order valence-electron chi connectivity index (χ4n) is 3.32. The summed E-state index contributed by atoms with van der Waals surface area (Å²) in [4.78, 5) is 3.44. The van der Waals surface area contributed by atoms with Gasteiger partial charge in [0.15, 0.2) is 0 Å². The Morgan fingerprint density at radius 3 is 2.52 bits per heavy atom. The van der Waals surface area contributed by atoms with Gasteiger partial charge in [-0.1, -0.05) is 44.4 Å². The van der Waals surface area contributed by atoms with E-state index in [1.165, 1.54) is 6.07 Å². The van der Waals surface area contributed by atoms with Crippen molar-refractivity contribution < 1.29 is 18.3 Å². The van der Waals surface area contributed by atoms with Crippen LogP contribution in [0.2, 0.25) is 5.15 Å². The van der Waals surface area contributed by atoms with Gasteiger partial charge in [0.2, 0.25) is 0 Å². The normalized spacial score (nSPS) is 27.1. The molecule has 21 heavy (non-hydrogen) atoms. The van der Waals surface area contributed by atoms with Gasteiger partial charge in [-0.05, 0) is 30.7 Å². The highest BCUT2D eigenvalue weighted by atomic mass is 35.5. The Kier molecular flexibility index (Phi) is 4.54. The van der Waals surface area contributed by atoms with E-state index in [4.69, 9.17) is 11.6 Å². The molecule has 2 unspecified atom stereocenters. The minimum atomic E-state index is -4.53. The van der Waals surface area contributed by atoms with E-state index in [2.05, 4.69) is 4.98 Å². The molecule has 0 amide bonds. The molecule has 1 aromatic heterocycles. The van der Waals surface area contributed by atoms with E-state index in [1.54, 1.807) is 0 Å². The van der Waals surface area contributed by atoms with Crippen molar-refractivity contribution in [2.75, 3.05) is 0 Å². The van der Waals surface area contributed by atoms with Crippen molar-refractivity contribution in [2.45, 2.75) is 51.3 Å². The van der Waals surface area contributed by atoms with E-state index in [9.17, 15) is 18.3 Å². The van der Waals surface area contributed by atoms with Gasteiger partial charge in [0, 0.05) is 5.56 Å². The van der Waals surface area contributed by atoms with E-state index in [0.717, 1.165) is 25.3 Å². The largest absolute Gasteiger partial charge is 0.433 e. The third kappa shape index (κ3) is 3.19. The molecule has 0 aliphatic heterocycles. The number of hydrogen-bond donors (Lipinski definition) is 1. The highest BCUT2D eigenvalue weighted by Gasteiger charge is 2.44. The smallest absolute Gasteiger partial charge is 0.385 e. The molecule has 1 N–H and O–H groups in total. The minimum absolute atomic E-state index is 0.0257. The second-order valence-electron chi connectivity index (χ2n) is 6.05. The Bertz CT molecular complexity index is 518. The average molecular weight is 322 g/mol. The first kappa shape index (κ1) is 16.6. The third-order valence-electron chi connectivity index (χ3n) is 4.35. The maximum Gasteiger partial charge on any atom is 0.433 e. The van der Waals surface area contributed by atoms with Crippen LogP contribution in [0.1, 0.15) is 50.8 Å². The zero-order chi connectivity index (χ0) is 15.8. The van der Waals surface area contributed by atoms with Crippen LogP contribution in [0.15, 0.2) is 12.1 Å². The van der Waals surface area contributed by atoms with Gasteiger partial charge < -0.3 is 5.11 Å². The van der Waals surface area contributed by atoms with Crippen molar-refractivity contribution in [3.05, 3.63) is 28.5 Å². The number of pyridine rings is 1. The van der Waals surface area contributed by atoms with E-state index in [-0.39, 0.29) is 17.0 Å². The van der Waals surface area contributed by atoms with Gasteiger partial charge >= 0.3 is 6.18 Å². The summed E-state index contributed by atoms with van der Waals surface area (Å²) >= 11 is 5.96. The molecule has 1 aliphatic rings. The Labute approximate surface area is 127 Å². The average Bonchev–Trinajstić information content (AvgIpc) is 2.37. The number of alkyl halides is 3. The van der Waals surface area contributed by atoms with Crippen LogP contribution in [0.25, 0.3) is 0 Å². The van der Waals surface area contributed by atoms with Crippen LogP contribution >= 0.6 is 11.6 Å². The van der Waals surface area contributed by atoms with E-state index >= 15 is 0 Å². The van der Waals surface area contributed by atoms with E-state index in [0.29, 0.717) is 12.0 Å². The standard InChI is InChI=1S/C15H19ClF3NO/c1-9(2)10-5-3-4-8-14(10,21)11-6-7-12(15(17,18)19)20-13(11)16/h6-7,9-10,21H,3-5,8H2,1-2H3. The minimum Gasteiger partial charge on any atom is -0.385 e. The molecular formula is C15H19ClF3NO. The highest BCUT2D eigenvalue weighted by Crippen LogP contribution is 2.47. The fourth-order valence-corrected chi connectivity index (χ4v) is 3.63. The van der Waals surface area contributed by atoms with Crippen molar-refractivity contribution in [3.63, 3.8) is 0 Å². The van der Waals surface area contributed by atoms with Crippen LogP contribution < -0.4 is 0 Å². The Morgan fingerprint density at radius 2 is 2.00 bits per heavy atom. The molecule has 118 valence electrons. The molecule has 2 rings (SSSR count). The third-order valence-corrected chi connectivity index (χ3v) is 4.63. The van der Waals surface area contributed by atoms with Gasteiger partial charge in [0.05, 0.1) is 5.60 Å². The monoisotopic (exact) mass is 321 g/mol. The van der Waals surface area contributed by atoms with Crippen LogP contribution in [0.4, 0.5) is 13.2 Å². The molecule has 0 spiro atoms. The summed E-state index contributed by atoms with van der Waals surface area (Å²) in [6.45, 7) is 4.01. The lowest BCUT2D eigenvalue weighted by Crippen LogP contribution is -2.41. The quantitative estimate of drug-likeness (QED) is 0.795. The van der Waals surface area contributed by atoms with E-state index in [1.807, 2.05) is 13.8 Å². The Morgan fingerprint density at radius 1 is 1.33 bits per heavy atom. The van der Waals surface area contributed by atoms with Gasteiger partial charge in [-0.3, -0.25) is 0 Å². The molecule has 1 fully saturated rings. The van der Waals surface area contributed by atoms with Crippen molar-refractivity contribution in [1.82, 2.24) is 4.98 Å². The second-order valence-corrected chi connectivity index (χ2v) is 6.41. The Hall–Kier alpha value is -0.810. The molecule has 0 radical (unpaired) electrons. The van der Waals surface area contributed by atoms with Crippen molar-refractivity contribution >= 4 is 11.6 Å². The van der Waals surface area contributed by atoms with Crippen molar-refractivity contribution in [1.29, 1.82) is 0 Å². The highest BCUT2D eigenvalue weighted by molar-refractivity contribution is 6.30. The summed E-state index contributed by atoms with van der Waals surface area (Å²) in [5, 5.41) is 10.8. The Balaban J connectivity index is 2.44. The fraction of sp³-hybridized carbons (Fsp3) is 0.667. The maximum atomic E-state index is 12.7. The molecule has 2 atom stereocenters. The first-order valence-electron chi connectivity index (χ1n) is 7.13. The predicted octanol–water partition coefficient (Wildman–Crippen LogP) is 4.79. The van der Waals surface area contributed by atoms with Crippen LogP contribution in [-0.4, -0.2) is 10.1 Å². The van der Waals surface area contributed by atoms with Gasteiger partial charge in [-0.2, -0.15) is 13.2 Å². The van der Waals surface area contributed by atoms with E-state index < -0.39 is 17.5 Å². The zero-order valence-corrected chi connectivity index (χ0v) is 12.8. The summed E-state index contributed by atoms with van der Waals surface area (Å²) in [5.41, 5.74) is -1.91. The van der Waals surface area contributed by atoms with Gasteiger partial charge in [-0.15, -0.1) is 0 Å². The van der Waals surface area contributed by atoms with Gasteiger partial charge in [0.1, 0.15) is 10.8 Å². The molecule has 1 saturated carbocycles. The topological polar surface area (TPSA) is 33.1 Å². The number of nitrogens with zero attached hydrogens (tertiary/aromatic N) is 1. The summed E-state index contributed by atoms with van der Waals surface area (Å²) in [6.07, 6.45) is -1.35. The number of rotatable bonds is 2. The predicted molar refractivity (Wildman–Crippen MR) is 74.9 cm³/mol. The van der Waals surface area contributed by atoms with Crippen molar-refractivity contribution in [3.8, 4) is 0 Å². The summed E-state index contributed by atoms with van der Waals surface area (Å²) in [7, 11) is 0. The molecule has 6 heteroatoms. The van der Waals surface area contributed by atoms with Gasteiger partial charge in [0.25, 0.3) is 0 Å². The maximum absolute atomic E-state index is 12.7. The molecule has 1 aromatic rings. The molecule has 1 aliphatic carbocycles. The van der Waals surface area contributed by atoms with Gasteiger partial charge in [-0.25, -0.2) is 4.98 Å². The molecular weight excluding hydrogens is 303 g/mol. The summed E-state index contributed by atoms with van der Waals surface area (Å²) in [5.74, 6) is 0.191. The first-order chi connectivity index (χ1) is 9.66. The summed E-state index contributed by atoms with van der Waals surface area (Å²) in [6, 6.07) is 2.17. The molecule has 0 aromatic carbocycles. The number of aliphatic hydroxyl groups is 1. The zero-order valence-electron chi connectivity index (χ0n) is 12.0. The molecule has 1 heterocycles. The second kappa shape index (κ2) is 5.76. The lowest BCUT2D eigenvalue weighted by atomic mass is 9.67. The van der Waals surface area contributed by atoms with Crippen LogP contribution in [0.5, 0.6) is 0 Å². The number of halogens is 4. The van der Waals surface area contributed by atoms with Crippen LogP contribution in [0.3, 0.4) is 0 Å².